The van der Waals surface area contributed by atoms with Gasteiger partial charge in [-0.2, -0.15) is 11.3 Å². The lowest BCUT2D eigenvalue weighted by Gasteiger charge is -2.35. The summed E-state index contributed by atoms with van der Waals surface area (Å²) in [6.45, 7) is 4.54. The molecule has 0 saturated heterocycles. The molecule has 1 aliphatic heterocycles. The molecule has 4 nitrogen and oxygen atoms in total. The Kier molecular flexibility index (Phi) is 6.27. The number of nitrogens with zero attached hydrogens (tertiary/aromatic N) is 1. The molecule has 29 heavy (non-hydrogen) atoms. The third-order valence-corrected chi connectivity index (χ3v) is 6.11. The Balaban J connectivity index is 1.37. The average Bonchev–Trinajstić information content (AvgIpc) is 3.28. The number of benzene rings is 2. The van der Waals surface area contributed by atoms with E-state index in [1.807, 2.05) is 31.2 Å². The summed E-state index contributed by atoms with van der Waals surface area (Å²) < 4.78 is 5.61. The number of hydrogen-bond donors (Lipinski definition) is 1. The second-order valence-electron chi connectivity index (χ2n) is 7.47. The van der Waals surface area contributed by atoms with E-state index in [2.05, 4.69) is 51.3 Å². The third kappa shape index (κ3) is 5.05. The van der Waals surface area contributed by atoms with E-state index in [4.69, 9.17) is 4.74 Å². The Morgan fingerprint density at radius 2 is 1.93 bits per heavy atom. The molecule has 1 aliphatic rings. The van der Waals surface area contributed by atoms with Crippen molar-refractivity contribution in [1.29, 1.82) is 0 Å². The van der Waals surface area contributed by atoms with E-state index in [-0.39, 0.29) is 18.6 Å². The van der Waals surface area contributed by atoms with Crippen LogP contribution in [-0.2, 0) is 17.8 Å². The van der Waals surface area contributed by atoms with Gasteiger partial charge in [0, 0.05) is 19.6 Å². The molecule has 0 saturated carbocycles. The number of amides is 1. The van der Waals surface area contributed by atoms with Crippen molar-refractivity contribution in [2.24, 2.45) is 0 Å². The Labute approximate surface area is 176 Å². The Bertz CT molecular complexity index is 938. The largest absolute Gasteiger partial charge is 0.484 e. The lowest BCUT2D eigenvalue weighted by Crippen LogP contribution is -2.41. The number of carbonyl (C=O) groups is 1. The smallest absolute Gasteiger partial charge is 0.258 e. The Morgan fingerprint density at radius 3 is 2.69 bits per heavy atom. The van der Waals surface area contributed by atoms with Crippen LogP contribution in [0.4, 0.5) is 0 Å². The van der Waals surface area contributed by atoms with Gasteiger partial charge in [0.15, 0.2) is 6.61 Å². The van der Waals surface area contributed by atoms with Gasteiger partial charge in [0.05, 0.1) is 6.04 Å². The van der Waals surface area contributed by atoms with Gasteiger partial charge in [0.1, 0.15) is 5.75 Å². The van der Waals surface area contributed by atoms with Crippen LogP contribution in [0.3, 0.4) is 0 Å². The van der Waals surface area contributed by atoms with E-state index >= 15 is 0 Å². The van der Waals surface area contributed by atoms with Crippen LogP contribution in [0.2, 0.25) is 0 Å². The quantitative estimate of drug-likeness (QED) is 0.634. The number of hydrogen-bond acceptors (Lipinski definition) is 4. The van der Waals surface area contributed by atoms with Crippen LogP contribution in [0.25, 0.3) is 0 Å². The molecule has 1 unspecified atom stereocenters. The van der Waals surface area contributed by atoms with Crippen LogP contribution in [0.1, 0.15) is 28.3 Å². The summed E-state index contributed by atoms with van der Waals surface area (Å²) in [7, 11) is 0. The van der Waals surface area contributed by atoms with Gasteiger partial charge < -0.3 is 10.1 Å². The molecular formula is C24H26N2O2S. The first-order chi connectivity index (χ1) is 14.2. The van der Waals surface area contributed by atoms with Crippen LogP contribution in [0, 0.1) is 6.92 Å². The summed E-state index contributed by atoms with van der Waals surface area (Å²) >= 11 is 1.70. The van der Waals surface area contributed by atoms with Crippen molar-refractivity contribution < 1.29 is 9.53 Å². The highest BCUT2D eigenvalue weighted by Crippen LogP contribution is 2.28. The maximum Gasteiger partial charge on any atom is 0.258 e. The van der Waals surface area contributed by atoms with Crippen LogP contribution < -0.4 is 10.1 Å². The average molecular weight is 407 g/mol. The summed E-state index contributed by atoms with van der Waals surface area (Å²) in [5.74, 6) is 0.621. The molecule has 4 rings (SSSR count). The summed E-state index contributed by atoms with van der Waals surface area (Å²) in [5, 5.41) is 7.35. The van der Waals surface area contributed by atoms with E-state index < -0.39 is 0 Å². The van der Waals surface area contributed by atoms with Crippen molar-refractivity contribution in [1.82, 2.24) is 10.2 Å². The number of rotatable bonds is 7. The summed E-state index contributed by atoms with van der Waals surface area (Å²) in [4.78, 5) is 14.9. The molecule has 1 atom stereocenters. The first-order valence-corrected chi connectivity index (χ1v) is 10.9. The van der Waals surface area contributed by atoms with Gasteiger partial charge >= 0.3 is 0 Å². The number of nitrogens with one attached hydrogen (secondary N) is 1. The van der Waals surface area contributed by atoms with Crippen molar-refractivity contribution in [2.75, 3.05) is 19.7 Å². The van der Waals surface area contributed by atoms with Crippen molar-refractivity contribution >= 4 is 17.2 Å². The van der Waals surface area contributed by atoms with E-state index in [1.54, 1.807) is 11.3 Å². The normalized spacial score (nSPS) is 14.8. The van der Waals surface area contributed by atoms with Gasteiger partial charge in [-0.05, 0) is 59.0 Å². The summed E-state index contributed by atoms with van der Waals surface area (Å²) in [5.41, 5.74) is 5.24. The standard InChI is InChI=1S/C24H26N2O2S/c1-18-6-8-22(9-7-18)28-16-24(27)25-14-23(21-11-13-29-17-21)26-12-10-19-4-2-3-5-20(19)15-26/h2-9,11,13,17,23H,10,12,14-16H2,1H3,(H,25,27). The lowest BCUT2D eigenvalue weighted by atomic mass is 9.97. The highest BCUT2D eigenvalue weighted by Gasteiger charge is 2.25. The highest BCUT2D eigenvalue weighted by atomic mass is 32.1. The van der Waals surface area contributed by atoms with Gasteiger partial charge in [0.25, 0.3) is 5.91 Å². The van der Waals surface area contributed by atoms with Gasteiger partial charge in [-0.1, -0.05) is 42.0 Å². The van der Waals surface area contributed by atoms with Crippen LogP contribution in [0.5, 0.6) is 5.75 Å². The minimum atomic E-state index is -0.0942. The van der Waals surface area contributed by atoms with Crippen molar-refractivity contribution in [3.05, 3.63) is 87.6 Å². The monoisotopic (exact) mass is 406 g/mol. The lowest BCUT2D eigenvalue weighted by molar-refractivity contribution is -0.123. The van der Waals surface area contributed by atoms with E-state index in [0.717, 1.165) is 19.5 Å². The van der Waals surface area contributed by atoms with Crippen LogP contribution >= 0.6 is 11.3 Å². The van der Waals surface area contributed by atoms with Gasteiger partial charge in [-0.25, -0.2) is 0 Å². The maximum atomic E-state index is 12.4. The minimum absolute atomic E-state index is 0.0300. The van der Waals surface area contributed by atoms with Crippen molar-refractivity contribution in [3.8, 4) is 5.75 Å². The number of thiophene rings is 1. The number of fused-ring (bicyclic) bond motifs is 1. The van der Waals surface area contributed by atoms with Gasteiger partial charge in [-0.3, -0.25) is 9.69 Å². The van der Waals surface area contributed by atoms with Crippen molar-refractivity contribution in [2.45, 2.75) is 25.9 Å². The minimum Gasteiger partial charge on any atom is -0.484 e. The molecule has 0 aliphatic carbocycles. The van der Waals surface area contributed by atoms with Crippen LogP contribution in [-0.4, -0.2) is 30.5 Å². The zero-order valence-corrected chi connectivity index (χ0v) is 17.5. The van der Waals surface area contributed by atoms with Crippen LogP contribution in [0.15, 0.2) is 65.4 Å². The molecule has 2 aromatic carbocycles. The second kappa shape index (κ2) is 9.25. The van der Waals surface area contributed by atoms with E-state index in [9.17, 15) is 4.79 Å². The first-order valence-electron chi connectivity index (χ1n) is 9.98. The molecule has 0 fully saturated rings. The number of aryl methyl sites for hydroxylation is 1. The molecule has 0 radical (unpaired) electrons. The fraction of sp³-hybridized carbons (Fsp3) is 0.292. The summed E-state index contributed by atoms with van der Waals surface area (Å²) in [6.07, 6.45) is 1.04. The number of ether oxygens (including phenoxy) is 1. The summed E-state index contributed by atoms with van der Waals surface area (Å²) in [6, 6.07) is 18.7. The third-order valence-electron chi connectivity index (χ3n) is 5.41. The molecule has 1 aromatic heterocycles. The first kappa shape index (κ1) is 19.7. The fourth-order valence-corrected chi connectivity index (χ4v) is 4.46. The van der Waals surface area contributed by atoms with Crippen molar-refractivity contribution in [3.63, 3.8) is 0 Å². The Hall–Kier alpha value is -2.63. The zero-order valence-electron chi connectivity index (χ0n) is 16.6. The van der Waals surface area contributed by atoms with E-state index in [1.165, 1.54) is 22.3 Å². The predicted octanol–water partition coefficient (Wildman–Crippen LogP) is 4.35. The highest BCUT2D eigenvalue weighted by molar-refractivity contribution is 7.07. The SMILES string of the molecule is Cc1ccc(OCC(=O)NCC(c2ccsc2)N2CCc3ccccc3C2)cc1. The molecule has 0 spiro atoms. The topological polar surface area (TPSA) is 41.6 Å². The fourth-order valence-electron chi connectivity index (χ4n) is 3.75. The zero-order chi connectivity index (χ0) is 20.1. The second-order valence-corrected chi connectivity index (χ2v) is 8.25. The molecule has 1 amide bonds. The Morgan fingerprint density at radius 1 is 1.14 bits per heavy atom. The van der Waals surface area contributed by atoms with Gasteiger partial charge in [0.2, 0.25) is 0 Å². The molecular weight excluding hydrogens is 380 g/mol. The molecule has 1 N–H and O–H groups in total. The predicted molar refractivity (Wildman–Crippen MR) is 117 cm³/mol. The molecule has 2 heterocycles. The van der Waals surface area contributed by atoms with Gasteiger partial charge in [-0.15, -0.1) is 0 Å². The molecule has 150 valence electrons. The molecule has 5 heteroatoms. The molecule has 3 aromatic rings. The number of carbonyl (C=O) groups excluding carboxylic acids is 1. The molecule has 0 bridgehead atoms. The maximum absolute atomic E-state index is 12.4. The van der Waals surface area contributed by atoms with E-state index in [0.29, 0.717) is 12.3 Å².